The smallest absolute Gasteiger partial charge is 0.273 e. The van der Waals surface area contributed by atoms with Crippen LogP contribution >= 0.6 is 0 Å². The quantitative estimate of drug-likeness (QED) is 0.843. The molecule has 2 aromatic rings. The average molecular weight is 347 g/mol. The van der Waals surface area contributed by atoms with E-state index in [1.54, 1.807) is 10.7 Å². The Kier molecular flexibility index (Phi) is 5.19. The lowest BCUT2D eigenvalue weighted by molar-refractivity contribution is 0.0748. The molecule has 0 radical (unpaired) electrons. The minimum atomic E-state index is -0.264. The molecule has 3 heterocycles. The van der Waals surface area contributed by atoms with Crippen LogP contribution in [0.1, 0.15) is 53.3 Å². The van der Waals surface area contributed by atoms with E-state index >= 15 is 0 Å². The van der Waals surface area contributed by atoms with Crippen molar-refractivity contribution in [2.75, 3.05) is 13.1 Å². The molecule has 3 rings (SSSR count). The normalized spacial score (nSPS) is 17.6. The first kappa shape index (κ1) is 17.6. The van der Waals surface area contributed by atoms with Gasteiger partial charge >= 0.3 is 0 Å². The fraction of sp³-hybridized carbons (Fsp3) is 0.588. The molecule has 8 nitrogen and oxygen atoms in total. The third-order valence-electron chi connectivity index (χ3n) is 4.59. The Morgan fingerprint density at radius 1 is 1.48 bits per heavy atom. The molecular formula is C17H25N5O3. The second-order valence-corrected chi connectivity index (χ2v) is 6.72. The molecule has 25 heavy (non-hydrogen) atoms. The van der Waals surface area contributed by atoms with Gasteiger partial charge in [0.05, 0.1) is 24.4 Å². The van der Waals surface area contributed by atoms with Crippen molar-refractivity contribution in [2.24, 2.45) is 7.05 Å². The SMILES string of the molecule is Cc1nn(C)cc1C(C)NC(=O)c1cc(CN2CCC(O)CC2)on1. The predicted octanol–water partition coefficient (Wildman–Crippen LogP) is 1.16. The van der Waals surface area contributed by atoms with Gasteiger partial charge in [0.2, 0.25) is 0 Å². The molecule has 1 atom stereocenters. The van der Waals surface area contributed by atoms with Crippen molar-refractivity contribution in [1.82, 2.24) is 25.2 Å². The Balaban J connectivity index is 1.58. The Morgan fingerprint density at radius 2 is 2.20 bits per heavy atom. The lowest BCUT2D eigenvalue weighted by Crippen LogP contribution is -2.35. The van der Waals surface area contributed by atoms with E-state index in [-0.39, 0.29) is 23.7 Å². The summed E-state index contributed by atoms with van der Waals surface area (Å²) in [5, 5.41) is 20.7. The molecule has 1 unspecified atom stereocenters. The standard InChI is InChI=1S/C17H25N5O3/c1-11(15-10-21(3)19-12(15)2)18-17(24)16-8-14(25-20-16)9-22-6-4-13(23)5-7-22/h8,10-11,13,23H,4-7,9H2,1-3H3,(H,18,24). The van der Waals surface area contributed by atoms with Gasteiger partial charge in [0, 0.05) is 38.0 Å². The first-order chi connectivity index (χ1) is 11.9. The number of nitrogens with zero attached hydrogens (tertiary/aromatic N) is 4. The van der Waals surface area contributed by atoms with Crippen LogP contribution in [0.15, 0.2) is 16.8 Å². The van der Waals surface area contributed by atoms with E-state index in [1.165, 1.54) is 0 Å². The van der Waals surface area contributed by atoms with Crippen molar-refractivity contribution in [3.05, 3.63) is 35.0 Å². The number of rotatable bonds is 5. The average Bonchev–Trinajstić information content (AvgIpc) is 3.16. The van der Waals surface area contributed by atoms with Crippen molar-refractivity contribution < 1.29 is 14.4 Å². The fourth-order valence-corrected chi connectivity index (χ4v) is 3.18. The summed E-state index contributed by atoms with van der Waals surface area (Å²) in [4.78, 5) is 14.6. The van der Waals surface area contributed by atoms with Gasteiger partial charge in [-0.3, -0.25) is 14.4 Å². The summed E-state index contributed by atoms with van der Waals surface area (Å²) in [6.07, 6.45) is 3.23. The predicted molar refractivity (Wildman–Crippen MR) is 90.8 cm³/mol. The molecule has 2 aromatic heterocycles. The topological polar surface area (TPSA) is 96.4 Å². The molecule has 0 spiro atoms. The van der Waals surface area contributed by atoms with Gasteiger partial charge in [-0.05, 0) is 26.7 Å². The van der Waals surface area contributed by atoms with Gasteiger partial charge in [-0.15, -0.1) is 0 Å². The minimum Gasteiger partial charge on any atom is -0.393 e. The van der Waals surface area contributed by atoms with E-state index < -0.39 is 0 Å². The first-order valence-corrected chi connectivity index (χ1v) is 8.59. The van der Waals surface area contributed by atoms with Crippen molar-refractivity contribution in [1.29, 1.82) is 0 Å². The molecule has 1 aliphatic rings. The van der Waals surface area contributed by atoms with Crippen LogP contribution < -0.4 is 5.32 Å². The summed E-state index contributed by atoms with van der Waals surface area (Å²) in [6.45, 7) is 6.08. The van der Waals surface area contributed by atoms with Gasteiger partial charge in [-0.2, -0.15) is 5.10 Å². The Bertz CT molecular complexity index is 730. The fourth-order valence-electron chi connectivity index (χ4n) is 3.18. The van der Waals surface area contributed by atoms with Gasteiger partial charge in [-0.1, -0.05) is 5.16 Å². The molecule has 8 heteroatoms. The monoisotopic (exact) mass is 347 g/mol. The molecule has 136 valence electrons. The van der Waals surface area contributed by atoms with Crippen LogP contribution in [0.2, 0.25) is 0 Å². The summed E-state index contributed by atoms with van der Waals surface area (Å²) in [5.74, 6) is 0.395. The van der Waals surface area contributed by atoms with Crippen LogP contribution in [0.3, 0.4) is 0 Å². The highest BCUT2D eigenvalue weighted by atomic mass is 16.5. The van der Waals surface area contributed by atoms with Gasteiger partial charge < -0.3 is 14.9 Å². The van der Waals surface area contributed by atoms with Crippen molar-refractivity contribution in [3.63, 3.8) is 0 Å². The van der Waals surface area contributed by atoms with Crippen LogP contribution in [-0.2, 0) is 13.6 Å². The lowest BCUT2D eigenvalue weighted by atomic mass is 10.1. The highest BCUT2D eigenvalue weighted by molar-refractivity contribution is 5.92. The number of nitrogens with one attached hydrogen (secondary N) is 1. The van der Waals surface area contributed by atoms with Crippen molar-refractivity contribution in [2.45, 2.75) is 45.4 Å². The number of aryl methyl sites for hydroxylation is 2. The van der Waals surface area contributed by atoms with Crippen LogP contribution in [0.25, 0.3) is 0 Å². The minimum absolute atomic E-state index is 0.162. The van der Waals surface area contributed by atoms with E-state index in [1.807, 2.05) is 27.1 Å². The molecule has 1 saturated heterocycles. The number of carbonyl (C=O) groups excluding carboxylic acids is 1. The zero-order valence-electron chi connectivity index (χ0n) is 14.9. The summed E-state index contributed by atoms with van der Waals surface area (Å²) < 4.78 is 7.03. The highest BCUT2D eigenvalue weighted by Gasteiger charge is 2.21. The number of piperidine rings is 1. The molecule has 2 N–H and O–H groups in total. The third-order valence-corrected chi connectivity index (χ3v) is 4.59. The maximum absolute atomic E-state index is 12.4. The number of aliphatic hydroxyl groups excluding tert-OH is 1. The number of hydrogen-bond acceptors (Lipinski definition) is 6. The van der Waals surface area contributed by atoms with Crippen molar-refractivity contribution in [3.8, 4) is 0 Å². The molecule has 0 saturated carbocycles. The number of aromatic nitrogens is 3. The van der Waals surface area contributed by atoms with E-state index in [0.29, 0.717) is 12.3 Å². The molecular weight excluding hydrogens is 322 g/mol. The van der Waals surface area contributed by atoms with Crippen LogP contribution in [0.4, 0.5) is 0 Å². The Hall–Kier alpha value is -2.19. The van der Waals surface area contributed by atoms with Crippen molar-refractivity contribution >= 4 is 5.91 Å². The van der Waals surface area contributed by atoms with Crippen LogP contribution in [0.5, 0.6) is 0 Å². The Labute approximate surface area is 146 Å². The van der Waals surface area contributed by atoms with Gasteiger partial charge in [0.1, 0.15) is 0 Å². The maximum Gasteiger partial charge on any atom is 0.273 e. The van der Waals surface area contributed by atoms with E-state index in [2.05, 4.69) is 20.5 Å². The molecule has 0 aliphatic carbocycles. The molecule has 1 amide bonds. The lowest BCUT2D eigenvalue weighted by Gasteiger charge is -2.28. The largest absolute Gasteiger partial charge is 0.393 e. The summed E-state index contributed by atoms with van der Waals surface area (Å²) in [5.41, 5.74) is 2.15. The highest BCUT2D eigenvalue weighted by Crippen LogP contribution is 2.17. The number of aliphatic hydroxyl groups is 1. The van der Waals surface area contributed by atoms with Crippen LogP contribution in [-0.4, -0.2) is 50.0 Å². The zero-order chi connectivity index (χ0) is 18.0. The van der Waals surface area contributed by atoms with E-state index in [9.17, 15) is 9.90 Å². The van der Waals surface area contributed by atoms with Gasteiger partial charge in [0.15, 0.2) is 11.5 Å². The summed E-state index contributed by atoms with van der Waals surface area (Å²) in [7, 11) is 1.86. The summed E-state index contributed by atoms with van der Waals surface area (Å²) >= 11 is 0. The second kappa shape index (κ2) is 7.37. The first-order valence-electron chi connectivity index (χ1n) is 8.59. The Morgan fingerprint density at radius 3 is 2.84 bits per heavy atom. The third kappa shape index (κ3) is 4.26. The number of likely N-dealkylation sites (tertiary alicyclic amines) is 1. The number of hydrogen-bond donors (Lipinski definition) is 2. The molecule has 1 aliphatic heterocycles. The second-order valence-electron chi connectivity index (χ2n) is 6.72. The van der Waals surface area contributed by atoms with Crippen LogP contribution in [0, 0.1) is 6.92 Å². The number of carbonyl (C=O) groups is 1. The van der Waals surface area contributed by atoms with E-state index in [0.717, 1.165) is 37.2 Å². The van der Waals surface area contributed by atoms with Gasteiger partial charge in [-0.25, -0.2) is 0 Å². The molecule has 0 bridgehead atoms. The molecule has 1 fully saturated rings. The van der Waals surface area contributed by atoms with E-state index in [4.69, 9.17) is 4.52 Å². The number of amides is 1. The molecule has 0 aromatic carbocycles. The van der Waals surface area contributed by atoms with Gasteiger partial charge in [0.25, 0.3) is 5.91 Å². The zero-order valence-corrected chi connectivity index (χ0v) is 14.9. The summed E-state index contributed by atoms with van der Waals surface area (Å²) in [6, 6.07) is 1.52. The maximum atomic E-state index is 12.4.